The molecule has 72 valence electrons. The number of hydrogen-bond donors (Lipinski definition) is 0. The Bertz CT molecular complexity index is 471. The Labute approximate surface area is 82.3 Å². The fourth-order valence-corrected chi connectivity index (χ4v) is 1.58. The maximum absolute atomic E-state index is 5.71. The highest BCUT2D eigenvalue weighted by atomic mass is 16.5. The highest BCUT2D eigenvalue weighted by Crippen LogP contribution is 2.28. The largest absolute Gasteiger partial charge is 0.490 e. The van der Waals surface area contributed by atoms with E-state index in [1.165, 1.54) is 12.8 Å². The van der Waals surface area contributed by atoms with Crippen LogP contribution in [0.1, 0.15) is 12.8 Å². The summed E-state index contributed by atoms with van der Waals surface area (Å²) < 4.78 is 7.53. The lowest BCUT2D eigenvalue weighted by atomic mass is 10.2. The van der Waals surface area contributed by atoms with Crippen molar-refractivity contribution in [2.24, 2.45) is 7.05 Å². The van der Waals surface area contributed by atoms with Crippen molar-refractivity contribution in [2.75, 3.05) is 0 Å². The van der Waals surface area contributed by atoms with Crippen LogP contribution in [-0.2, 0) is 7.05 Å². The van der Waals surface area contributed by atoms with Gasteiger partial charge in [-0.25, -0.2) is 0 Å². The van der Waals surface area contributed by atoms with Gasteiger partial charge in [-0.15, -0.1) is 0 Å². The van der Waals surface area contributed by atoms with Gasteiger partial charge >= 0.3 is 0 Å². The fraction of sp³-hybridized carbons (Fsp3) is 0.364. The first-order valence-corrected chi connectivity index (χ1v) is 4.91. The predicted octanol–water partition coefficient (Wildman–Crippen LogP) is 2.11. The zero-order valence-corrected chi connectivity index (χ0v) is 8.10. The third-order valence-electron chi connectivity index (χ3n) is 2.42. The van der Waals surface area contributed by atoms with Gasteiger partial charge in [-0.1, -0.05) is 0 Å². The molecule has 1 aromatic carbocycles. The molecule has 3 heteroatoms. The number of rotatable bonds is 2. The second-order valence-electron chi connectivity index (χ2n) is 3.84. The van der Waals surface area contributed by atoms with Crippen molar-refractivity contribution >= 4 is 10.9 Å². The molecule has 1 fully saturated rings. The van der Waals surface area contributed by atoms with Gasteiger partial charge in [0.25, 0.3) is 0 Å². The van der Waals surface area contributed by atoms with Crippen LogP contribution in [0.2, 0.25) is 0 Å². The second kappa shape index (κ2) is 2.74. The molecule has 0 aliphatic heterocycles. The standard InChI is InChI=1S/C11H12N2O/c1-13-7-8-6-10(14-9-2-3-9)4-5-11(8)12-13/h4-7,9H,2-3H2,1H3. The first-order chi connectivity index (χ1) is 6.81. The highest BCUT2D eigenvalue weighted by Gasteiger charge is 2.23. The maximum Gasteiger partial charge on any atom is 0.120 e. The minimum absolute atomic E-state index is 0.462. The summed E-state index contributed by atoms with van der Waals surface area (Å²) in [5.41, 5.74) is 1.02. The van der Waals surface area contributed by atoms with E-state index >= 15 is 0 Å². The Morgan fingerprint density at radius 2 is 2.29 bits per heavy atom. The Morgan fingerprint density at radius 1 is 1.43 bits per heavy atom. The van der Waals surface area contributed by atoms with Crippen molar-refractivity contribution in [1.29, 1.82) is 0 Å². The van der Waals surface area contributed by atoms with Crippen molar-refractivity contribution in [2.45, 2.75) is 18.9 Å². The van der Waals surface area contributed by atoms with E-state index in [9.17, 15) is 0 Å². The average Bonchev–Trinajstić information content (AvgIpc) is 2.86. The van der Waals surface area contributed by atoms with Crippen molar-refractivity contribution in [3.63, 3.8) is 0 Å². The maximum atomic E-state index is 5.71. The van der Waals surface area contributed by atoms with Gasteiger partial charge in [0.1, 0.15) is 5.75 Å². The van der Waals surface area contributed by atoms with Crippen molar-refractivity contribution < 1.29 is 4.74 Å². The number of nitrogens with zero attached hydrogens (tertiary/aromatic N) is 2. The first-order valence-electron chi connectivity index (χ1n) is 4.91. The summed E-state index contributed by atoms with van der Waals surface area (Å²) in [6.45, 7) is 0. The topological polar surface area (TPSA) is 27.1 Å². The average molecular weight is 188 g/mol. The molecule has 3 nitrogen and oxygen atoms in total. The van der Waals surface area contributed by atoms with Crippen molar-refractivity contribution in [1.82, 2.24) is 9.78 Å². The third-order valence-corrected chi connectivity index (χ3v) is 2.42. The molecule has 1 aliphatic rings. The van der Waals surface area contributed by atoms with Gasteiger partial charge in [0.15, 0.2) is 0 Å². The molecule has 0 radical (unpaired) electrons. The summed E-state index contributed by atoms with van der Waals surface area (Å²) in [6.07, 6.45) is 4.87. The monoisotopic (exact) mass is 188 g/mol. The van der Waals surface area contributed by atoms with Crippen LogP contribution in [-0.4, -0.2) is 15.9 Å². The Kier molecular flexibility index (Phi) is 1.54. The number of ether oxygens (including phenoxy) is 1. The van der Waals surface area contributed by atoms with Crippen LogP contribution in [0.3, 0.4) is 0 Å². The van der Waals surface area contributed by atoms with E-state index in [1.807, 2.05) is 30.1 Å². The summed E-state index contributed by atoms with van der Waals surface area (Å²) >= 11 is 0. The molecule has 14 heavy (non-hydrogen) atoms. The molecule has 0 unspecified atom stereocenters. The Morgan fingerprint density at radius 3 is 3.07 bits per heavy atom. The molecule has 1 heterocycles. The van der Waals surface area contributed by atoms with E-state index in [2.05, 4.69) is 11.2 Å². The van der Waals surface area contributed by atoms with Gasteiger partial charge in [0, 0.05) is 18.6 Å². The van der Waals surface area contributed by atoms with Crippen LogP contribution in [0, 0.1) is 0 Å². The summed E-state index contributed by atoms with van der Waals surface area (Å²) in [4.78, 5) is 0. The molecule has 0 spiro atoms. The molecule has 0 amide bonds. The lowest BCUT2D eigenvalue weighted by molar-refractivity contribution is 0.303. The zero-order chi connectivity index (χ0) is 9.54. The molecular weight excluding hydrogens is 176 g/mol. The molecule has 2 aromatic rings. The quantitative estimate of drug-likeness (QED) is 0.721. The van der Waals surface area contributed by atoms with Crippen LogP contribution in [0.15, 0.2) is 24.4 Å². The molecular formula is C11H12N2O. The second-order valence-corrected chi connectivity index (χ2v) is 3.84. The molecule has 3 rings (SSSR count). The number of hydrogen-bond acceptors (Lipinski definition) is 2. The highest BCUT2D eigenvalue weighted by molar-refractivity contribution is 5.79. The normalized spacial score (nSPS) is 16.1. The lowest BCUT2D eigenvalue weighted by Crippen LogP contribution is -1.94. The van der Waals surface area contributed by atoms with E-state index in [4.69, 9.17) is 4.74 Å². The third kappa shape index (κ3) is 1.35. The van der Waals surface area contributed by atoms with Gasteiger partial charge in [0.2, 0.25) is 0 Å². The number of aryl methyl sites for hydroxylation is 1. The fourth-order valence-electron chi connectivity index (χ4n) is 1.58. The van der Waals surface area contributed by atoms with Gasteiger partial charge in [0.05, 0.1) is 11.6 Å². The van der Waals surface area contributed by atoms with Crippen LogP contribution in [0.5, 0.6) is 5.75 Å². The number of fused-ring (bicyclic) bond motifs is 1. The minimum atomic E-state index is 0.462. The molecule has 1 aliphatic carbocycles. The van der Waals surface area contributed by atoms with Crippen LogP contribution in [0.25, 0.3) is 10.9 Å². The summed E-state index contributed by atoms with van der Waals surface area (Å²) in [6, 6.07) is 6.06. The predicted molar refractivity (Wildman–Crippen MR) is 54.4 cm³/mol. The molecule has 1 saturated carbocycles. The Balaban J connectivity index is 2.00. The molecule has 0 atom stereocenters. The zero-order valence-electron chi connectivity index (χ0n) is 8.10. The molecule has 0 saturated heterocycles. The van der Waals surface area contributed by atoms with E-state index < -0.39 is 0 Å². The van der Waals surface area contributed by atoms with Crippen LogP contribution < -0.4 is 4.74 Å². The van der Waals surface area contributed by atoms with Gasteiger partial charge in [-0.05, 0) is 31.0 Å². The minimum Gasteiger partial charge on any atom is -0.490 e. The number of benzene rings is 1. The van der Waals surface area contributed by atoms with E-state index in [-0.39, 0.29) is 0 Å². The Hall–Kier alpha value is -1.51. The smallest absolute Gasteiger partial charge is 0.120 e. The van der Waals surface area contributed by atoms with Crippen LogP contribution >= 0.6 is 0 Å². The SMILES string of the molecule is Cn1cc2cc(OC3CC3)ccc2n1. The van der Waals surface area contributed by atoms with Crippen molar-refractivity contribution in [3.8, 4) is 5.75 Å². The van der Waals surface area contributed by atoms with E-state index in [0.29, 0.717) is 6.10 Å². The molecule has 1 aromatic heterocycles. The van der Waals surface area contributed by atoms with Gasteiger partial charge < -0.3 is 4.74 Å². The van der Waals surface area contributed by atoms with Gasteiger partial charge in [-0.3, -0.25) is 4.68 Å². The molecule has 0 bridgehead atoms. The summed E-state index contributed by atoms with van der Waals surface area (Å²) in [5, 5.41) is 5.45. The number of aromatic nitrogens is 2. The lowest BCUT2D eigenvalue weighted by Gasteiger charge is -2.02. The molecule has 0 N–H and O–H groups in total. The summed E-state index contributed by atoms with van der Waals surface area (Å²) in [5.74, 6) is 0.966. The van der Waals surface area contributed by atoms with Crippen molar-refractivity contribution in [3.05, 3.63) is 24.4 Å². The first kappa shape index (κ1) is 7.85. The summed E-state index contributed by atoms with van der Waals surface area (Å²) in [7, 11) is 1.93. The van der Waals surface area contributed by atoms with E-state index in [0.717, 1.165) is 16.7 Å². The van der Waals surface area contributed by atoms with E-state index in [1.54, 1.807) is 0 Å². The van der Waals surface area contributed by atoms with Gasteiger partial charge in [-0.2, -0.15) is 5.10 Å². The van der Waals surface area contributed by atoms with Crippen LogP contribution in [0.4, 0.5) is 0 Å².